The van der Waals surface area contributed by atoms with E-state index in [9.17, 15) is 9.59 Å². The van der Waals surface area contributed by atoms with E-state index < -0.39 is 5.41 Å². The monoisotopic (exact) mass is 210 g/mol. The van der Waals surface area contributed by atoms with E-state index in [0.29, 0.717) is 13.0 Å². The number of cyclic esters (lactones) is 1. The highest BCUT2D eigenvalue weighted by Crippen LogP contribution is 2.44. The zero-order valence-electron chi connectivity index (χ0n) is 8.86. The molecule has 2 aliphatic rings. The van der Waals surface area contributed by atoms with Crippen molar-refractivity contribution in [2.45, 2.75) is 26.4 Å². The summed E-state index contributed by atoms with van der Waals surface area (Å²) < 4.78 is 10.2. The van der Waals surface area contributed by atoms with Crippen LogP contribution in [0.5, 0.6) is 0 Å². The molecule has 2 rings (SSSR count). The molecular weight excluding hydrogens is 196 g/mol. The minimum atomic E-state index is -0.694. The van der Waals surface area contributed by atoms with Crippen molar-refractivity contribution in [3.63, 3.8) is 0 Å². The summed E-state index contributed by atoms with van der Waals surface area (Å²) in [4.78, 5) is 22.6. The van der Waals surface area contributed by atoms with Gasteiger partial charge in [-0.3, -0.25) is 9.59 Å². The molecule has 0 amide bonds. The summed E-state index contributed by atoms with van der Waals surface area (Å²) in [6.07, 6.45) is 4.12. The van der Waals surface area contributed by atoms with Gasteiger partial charge in [-0.05, 0) is 6.92 Å². The molecule has 1 aliphatic carbocycles. The standard InChI is InChI=1S/C11H14O4/c1-7(12)15-9-5-3-4-8-6-14-10(13)11(8,9)2/h3-4,8-9H,5-6H2,1-2H3/t8-,9-,11+/m0/s1. The lowest BCUT2D eigenvalue weighted by Gasteiger charge is -2.35. The van der Waals surface area contributed by atoms with Crippen LogP contribution in [0.25, 0.3) is 0 Å². The number of fused-ring (bicyclic) bond motifs is 1. The van der Waals surface area contributed by atoms with Gasteiger partial charge in [0.2, 0.25) is 0 Å². The normalized spacial score (nSPS) is 38.4. The van der Waals surface area contributed by atoms with E-state index in [-0.39, 0.29) is 24.0 Å². The molecule has 0 aromatic rings. The van der Waals surface area contributed by atoms with Crippen LogP contribution in [0.2, 0.25) is 0 Å². The second-order valence-corrected chi connectivity index (χ2v) is 4.25. The molecule has 0 bridgehead atoms. The van der Waals surface area contributed by atoms with E-state index in [0.717, 1.165) is 0 Å². The molecule has 4 nitrogen and oxygen atoms in total. The van der Waals surface area contributed by atoms with Gasteiger partial charge in [0, 0.05) is 19.3 Å². The first-order valence-corrected chi connectivity index (χ1v) is 5.06. The maximum Gasteiger partial charge on any atom is 0.316 e. The Morgan fingerprint density at radius 1 is 1.67 bits per heavy atom. The number of hydrogen-bond donors (Lipinski definition) is 0. The van der Waals surface area contributed by atoms with Crippen LogP contribution >= 0.6 is 0 Å². The van der Waals surface area contributed by atoms with Crippen molar-refractivity contribution in [2.75, 3.05) is 6.61 Å². The van der Waals surface area contributed by atoms with Crippen molar-refractivity contribution in [3.05, 3.63) is 12.2 Å². The molecule has 0 radical (unpaired) electrons. The predicted octanol–water partition coefficient (Wildman–Crippen LogP) is 1.06. The molecule has 0 aromatic carbocycles. The average molecular weight is 210 g/mol. The van der Waals surface area contributed by atoms with Gasteiger partial charge >= 0.3 is 11.9 Å². The van der Waals surface area contributed by atoms with Crippen molar-refractivity contribution in [3.8, 4) is 0 Å². The van der Waals surface area contributed by atoms with Gasteiger partial charge in [-0.2, -0.15) is 0 Å². The molecule has 1 saturated heterocycles. The minimum absolute atomic E-state index is 0.0306. The Hall–Kier alpha value is -1.32. The molecule has 4 heteroatoms. The molecule has 0 spiro atoms. The predicted molar refractivity (Wildman–Crippen MR) is 51.9 cm³/mol. The lowest BCUT2D eigenvalue weighted by Crippen LogP contribution is -2.45. The molecular formula is C11H14O4. The lowest BCUT2D eigenvalue weighted by molar-refractivity contribution is -0.163. The number of carbonyl (C=O) groups excluding carboxylic acids is 2. The van der Waals surface area contributed by atoms with Crippen LogP contribution in [0, 0.1) is 11.3 Å². The van der Waals surface area contributed by atoms with Crippen LogP contribution in [0.15, 0.2) is 12.2 Å². The van der Waals surface area contributed by atoms with Crippen LogP contribution in [0.1, 0.15) is 20.3 Å². The van der Waals surface area contributed by atoms with E-state index in [4.69, 9.17) is 9.47 Å². The van der Waals surface area contributed by atoms with Crippen molar-refractivity contribution in [1.29, 1.82) is 0 Å². The number of rotatable bonds is 1. The number of ether oxygens (including phenoxy) is 2. The Morgan fingerprint density at radius 2 is 2.40 bits per heavy atom. The third-order valence-corrected chi connectivity index (χ3v) is 3.30. The molecule has 0 saturated carbocycles. The Balaban J connectivity index is 2.28. The summed E-state index contributed by atoms with van der Waals surface area (Å²) in [6.45, 7) is 3.56. The third-order valence-electron chi connectivity index (χ3n) is 3.30. The van der Waals surface area contributed by atoms with Gasteiger partial charge in [-0.15, -0.1) is 0 Å². The van der Waals surface area contributed by atoms with Crippen molar-refractivity contribution in [1.82, 2.24) is 0 Å². The summed E-state index contributed by atoms with van der Waals surface area (Å²) in [6, 6.07) is 0. The van der Waals surface area contributed by atoms with Gasteiger partial charge in [0.25, 0.3) is 0 Å². The van der Waals surface area contributed by atoms with Gasteiger partial charge in [0.1, 0.15) is 11.5 Å². The van der Waals surface area contributed by atoms with Crippen LogP contribution < -0.4 is 0 Å². The second kappa shape index (κ2) is 3.36. The highest BCUT2D eigenvalue weighted by atomic mass is 16.6. The van der Waals surface area contributed by atoms with E-state index in [1.54, 1.807) is 0 Å². The highest BCUT2D eigenvalue weighted by Gasteiger charge is 2.55. The maximum absolute atomic E-state index is 11.7. The maximum atomic E-state index is 11.7. The van der Waals surface area contributed by atoms with Gasteiger partial charge in [-0.25, -0.2) is 0 Å². The molecule has 15 heavy (non-hydrogen) atoms. The molecule has 1 heterocycles. The fourth-order valence-electron chi connectivity index (χ4n) is 2.25. The zero-order chi connectivity index (χ0) is 11.1. The van der Waals surface area contributed by atoms with Crippen molar-refractivity contribution < 1.29 is 19.1 Å². The van der Waals surface area contributed by atoms with Gasteiger partial charge in [0.05, 0.1) is 6.61 Å². The first-order valence-electron chi connectivity index (χ1n) is 5.06. The van der Waals surface area contributed by atoms with Crippen molar-refractivity contribution in [2.24, 2.45) is 11.3 Å². The Kier molecular flexibility index (Phi) is 2.29. The second-order valence-electron chi connectivity index (χ2n) is 4.25. The molecule has 82 valence electrons. The van der Waals surface area contributed by atoms with Crippen molar-refractivity contribution >= 4 is 11.9 Å². The SMILES string of the molecule is CC(=O)O[C@H]1CC=C[C@H]2COC(=O)[C@@]12C. The summed E-state index contributed by atoms with van der Waals surface area (Å²) in [7, 11) is 0. The quantitative estimate of drug-likeness (QED) is 0.479. The van der Waals surface area contributed by atoms with E-state index in [1.165, 1.54) is 6.92 Å². The number of carbonyl (C=O) groups is 2. The molecule has 1 aliphatic heterocycles. The largest absolute Gasteiger partial charge is 0.464 e. The number of esters is 2. The summed E-state index contributed by atoms with van der Waals surface area (Å²) in [5, 5.41) is 0. The van der Waals surface area contributed by atoms with Crippen LogP contribution in [-0.4, -0.2) is 24.6 Å². The van der Waals surface area contributed by atoms with Crippen LogP contribution in [0.4, 0.5) is 0 Å². The molecule has 0 aromatic heterocycles. The number of hydrogen-bond acceptors (Lipinski definition) is 4. The molecule has 3 atom stereocenters. The third kappa shape index (κ3) is 1.44. The highest BCUT2D eigenvalue weighted by molar-refractivity contribution is 5.81. The Labute approximate surface area is 88.2 Å². The zero-order valence-corrected chi connectivity index (χ0v) is 8.86. The molecule has 0 unspecified atom stereocenters. The molecule has 0 N–H and O–H groups in total. The average Bonchev–Trinajstić information content (AvgIpc) is 2.45. The lowest BCUT2D eigenvalue weighted by atomic mass is 9.70. The van der Waals surface area contributed by atoms with Crippen LogP contribution in [-0.2, 0) is 19.1 Å². The summed E-state index contributed by atoms with van der Waals surface area (Å²) in [5.74, 6) is -0.582. The van der Waals surface area contributed by atoms with Gasteiger partial charge < -0.3 is 9.47 Å². The fourth-order valence-corrected chi connectivity index (χ4v) is 2.25. The smallest absolute Gasteiger partial charge is 0.316 e. The van der Waals surface area contributed by atoms with Gasteiger partial charge in [-0.1, -0.05) is 12.2 Å². The van der Waals surface area contributed by atoms with E-state index in [2.05, 4.69) is 0 Å². The first kappa shape index (κ1) is 10.2. The Morgan fingerprint density at radius 3 is 3.07 bits per heavy atom. The van der Waals surface area contributed by atoms with Gasteiger partial charge in [0.15, 0.2) is 0 Å². The summed E-state index contributed by atoms with van der Waals surface area (Å²) >= 11 is 0. The van der Waals surface area contributed by atoms with Crippen LogP contribution in [0.3, 0.4) is 0 Å². The first-order chi connectivity index (χ1) is 7.05. The van der Waals surface area contributed by atoms with E-state index in [1.807, 2.05) is 19.1 Å². The van der Waals surface area contributed by atoms with E-state index >= 15 is 0 Å². The fraction of sp³-hybridized carbons (Fsp3) is 0.636. The minimum Gasteiger partial charge on any atom is -0.464 e. The summed E-state index contributed by atoms with van der Waals surface area (Å²) in [5.41, 5.74) is -0.694. The topological polar surface area (TPSA) is 52.6 Å². The molecule has 1 fully saturated rings. The Bertz CT molecular complexity index is 333.